The Morgan fingerprint density at radius 3 is 2.71 bits per heavy atom. The largest absolute Gasteiger partial charge is 0.361 e. The van der Waals surface area contributed by atoms with E-state index in [2.05, 4.69) is 20.9 Å². The summed E-state index contributed by atoms with van der Waals surface area (Å²) in [7, 11) is 0. The van der Waals surface area contributed by atoms with Gasteiger partial charge in [0.1, 0.15) is 17.3 Å². The number of nitrogens with zero attached hydrogens (tertiary/aromatic N) is 2. The summed E-state index contributed by atoms with van der Waals surface area (Å²) >= 11 is 6.00. The smallest absolute Gasteiger partial charge is 0.271 e. The zero-order chi connectivity index (χ0) is 15.6. The summed E-state index contributed by atoms with van der Waals surface area (Å²) in [5, 5.41) is 6.93. The molecule has 2 rings (SSSR count). The quantitative estimate of drug-likeness (QED) is 0.590. The van der Waals surface area contributed by atoms with Crippen molar-refractivity contribution in [3.05, 3.63) is 39.9 Å². The number of hydrogen-bond donors (Lipinski definition) is 3. The number of carbonyl (C=O) groups is 1. The van der Waals surface area contributed by atoms with Gasteiger partial charge in [-0.1, -0.05) is 16.8 Å². The molecule has 1 atom stereocenters. The number of hydrazine groups is 1. The lowest BCUT2D eigenvalue weighted by atomic mass is 10.1. The molecule has 4 N–H and O–H groups in total. The summed E-state index contributed by atoms with van der Waals surface area (Å²) < 4.78 is 5.09. The Kier molecular flexibility index (Phi) is 4.44. The molecule has 2 aromatic heterocycles. The van der Waals surface area contributed by atoms with E-state index in [4.69, 9.17) is 22.0 Å². The van der Waals surface area contributed by atoms with E-state index >= 15 is 0 Å². The van der Waals surface area contributed by atoms with Crippen molar-refractivity contribution in [3.8, 4) is 0 Å². The molecule has 112 valence electrons. The first-order chi connectivity index (χ1) is 9.93. The van der Waals surface area contributed by atoms with Crippen LogP contribution in [-0.2, 0) is 0 Å². The first-order valence-electron chi connectivity index (χ1n) is 6.30. The van der Waals surface area contributed by atoms with Gasteiger partial charge in [0.25, 0.3) is 5.91 Å². The Hall–Kier alpha value is -2.12. The van der Waals surface area contributed by atoms with Crippen LogP contribution in [0.5, 0.6) is 0 Å². The highest BCUT2D eigenvalue weighted by atomic mass is 35.5. The number of nitrogen functional groups attached to an aromatic ring is 1. The van der Waals surface area contributed by atoms with E-state index in [9.17, 15) is 4.79 Å². The predicted octanol–water partition coefficient (Wildman–Crippen LogP) is 2.12. The number of anilines is 1. The molecule has 8 heteroatoms. The Balaban J connectivity index is 2.22. The first kappa shape index (κ1) is 15.3. The molecule has 0 aromatic carbocycles. The van der Waals surface area contributed by atoms with Gasteiger partial charge < -0.3 is 15.3 Å². The molecule has 0 aliphatic heterocycles. The maximum Gasteiger partial charge on any atom is 0.271 e. The first-order valence-corrected chi connectivity index (χ1v) is 6.68. The van der Waals surface area contributed by atoms with Crippen LogP contribution in [0.4, 0.5) is 5.82 Å². The zero-order valence-corrected chi connectivity index (χ0v) is 12.7. The molecule has 0 aliphatic rings. The van der Waals surface area contributed by atoms with Gasteiger partial charge in [0.05, 0.1) is 16.8 Å². The van der Waals surface area contributed by atoms with Crippen LogP contribution >= 0.6 is 11.6 Å². The van der Waals surface area contributed by atoms with Gasteiger partial charge in [-0.2, -0.15) is 0 Å². The minimum atomic E-state index is -0.399. The number of pyridine rings is 1. The number of aryl methyl sites for hydroxylation is 2. The molecule has 1 amide bonds. The summed E-state index contributed by atoms with van der Waals surface area (Å²) in [6, 6.07) is 2.85. The third kappa shape index (κ3) is 3.14. The van der Waals surface area contributed by atoms with Gasteiger partial charge in [-0.15, -0.1) is 0 Å². The summed E-state index contributed by atoms with van der Waals surface area (Å²) in [6.45, 7) is 5.45. The molecule has 0 spiro atoms. The number of aromatic nitrogens is 2. The van der Waals surface area contributed by atoms with Crippen LogP contribution in [0.3, 0.4) is 0 Å². The predicted molar refractivity (Wildman–Crippen MR) is 78.9 cm³/mol. The van der Waals surface area contributed by atoms with E-state index in [0.29, 0.717) is 11.6 Å². The number of nitrogens with one attached hydrogen (secondary N) is 2. The lowest BCUT2D eigenvalue weighted by Gasteiger charge is -2.14. The van der Waals surface area contributed by atoms with Gasteiger partial charge in [-0.25, -0.2) is 10.8 Å². The average Bonchev–Trinajstić information content (AvgIpc) is 2.78. The summed E-state index contributed by atoms with van der Waals surface area (Å²) in [4.78, 5) is 16.3. The SMILES string of the molecule is Cc1noc(C)c1C(C)NC(=O)c1nc(NN)ccc1Cl. The second-order valence-electron chi connectivity index (χ2n) is 4.60. The Bertz CT molecular complexity index is 651. The molecule has 0 fully saturated rings. The second kappa shape index (κ2) is 6.11. The Labute approximate surface area is 126 Å². The monoisotopic (exact) mass is 309 g/mol. The number of halogens is 1. The summed E-state index contributed by atoms with van der Waals surface area (Å²) in [5.74, 6) is 5.90. The molecule has 0 aliphatic carbocycles. The highest BCUT2D eigenvalue weighted by molar-refractivity contribution is 6.33. The Morgan fingerprint density at radius 2 is 2.14 bits per heavy atom. The second-order valence-corrected chi connectivity index (χ2v) is 5.01. The highest BCUT2D eigenvalue weighted by Gasteiger charge is 2.21. The zero-order valence-electron chi connectivity index (χ0n) is 11.9. The minimum absolute atomic E-state index is 0.103. The Morgan fingerprint density at radius 1 is 1.43 bits per heavy atom. The minimum Gasteiger partial charge on any atom is -0.361 e. The molecule has 2 heterocycles. The van der Waals surface area contributed by atoms with Crippen LogP contribution in [0.15, 0.2) is 16.7 Å². The van der Waals surface area contributed by atoms with Gasteiger partial charge in [-0.3, -0.25) is 4.79 Å². The van der Waals surface area contributed by atoms with Crippen LogP contribution in [0.1, 0.15) is 40.5 Å². The molecule has 2 aromatic rings. The molecule has 21 heavy (non-hydrogen) atoms. The van der Waals surface area contributed by atoms with Crippen molar-refractivity contribution in [2.45, 2.75) is 26.8 Å². The highest BCUT2D eigenvalue weighted by Crippen LogP contribution is 2.22. The summed E-state index contributed by atoms with van der Waals surface area (Å²) in [6.07, 6.45) is 0. The number of amides is 1. The lowest BCUT2D eigenvalue weighted by molar-refractivity contribution is 0.0935. The molecule has 0 bridgehead atoms. The van der Waals surface area contributed by atoms with Crippen molar-refractivity contribution in [3.63, 3.8) is 0 Å². The molecule has 7 nitrogen and oxygen atoms in total. The molecule has 0 saturated carbocycles. The fourth-order valence-corrected chi connectivity index (χ4v) is 2.32. The number of rotatable bonds is 4. The van der Waals surface area contributed by atoms with E-state index in [0.717, 1.165) is 11.3 Å². The van der Waals surface area contributed by atoms with Crippen LogP contribution in [0.2, 0.25) is 5.02 Å². The molecule has 0 radical (unpaired) electrons. The molecular weight excluding hydrogens is 294 g/mol. The van der Waals surface area contributed by atoms with Crippen molar-refractivity contribution >= 4 is 23.3 Å². The third-order valence-corrected chi connectivity index (χ3v) is 3.38. The van der Waals surface area contributed by atoms with Gasteiger partial charge in [-0.05, 0) is 32.9 Å². The van der Waals surface area contributed by atoms with Crippen molar-refractivity contribution in [2.75, 3.05) is 5.43 Å². The molecule has 1 unspecified atom stereocenters. The van der Waals surface area contributed by atoms with Crippen LogP contribution in [-0.4, -0.2) is 16.0 Å². The van der Waals surface area contributed by atoms with E-state index < -0.39 is 5.91 Å². The van der Waals surface area contributed by atoms with E-state index in [1.165, 1.54) is 0 Å². The maximum absolute atomic E-state index is 12.3. The van der Waals surface area contributed by atoms with Crippen molar-refractivity contribution in [1.82, 2.24) is 15.5 Å². The van der Waals surface area contributed by atoms with Crippen LogP contribution in [0.25, 0.3) is 0 Å². The maximum atomic E-state index is 12.3. The van der Waals surface area contributed by atoms with E-state index in [-0.39, 0.29) is 16.8 Å². The number of carbonyl (C=O) groups excluding carboxylic acids is 1. The van der Waals surface area contributed by atoms with E-state index in [1.54, 1.807) is 19.1 Å². The molecule has 0 saturated heterocycles. The molecular formula is C13H16ClN5O2. The van der Waals surface area contributed by atoms with Gasteiger partial charge in [0.2, 0.25) is 0 Å². The van der Waals surface area contributed by atoms with Crippen molar-refractivity contribution < 1.29 is 9.32 Å². The fraction of sp³-hybridized carbons (Fsp3) is 0.308. The lowest BCUT2D eigenvalue weighted by Crippen LogP contribution is -2.28. The van der Waals surface area contributed by atoms with Gasteiger partial charge in [0, 0.05) is 5.56 Å². The standard InChI is InChI=1S/C13H16ClN5O2/c1-6(11-7(2)19-21-8(11)3)16-13(20)12-9(14)4-5-10(17-12)18-15/h4-6H,15H2,1-3H3,(H,16,20)(H,17,18). The number of hydrogen-bond acceptors (Lipinski definition) is 6. The van der Waals surface area contributed by atoms with Crippen molar-refractivity contribution in [2.24, 2.45) is 5.84 Å². The van der Waals surface area contributed by atoms with Crippen molar-refractivity contribution in [1.29, 1.82) is 0 Å². The van der Waals surface area contributed by atoms with Crippen LogP contribution in [0, 0.1) is 13.8 Å². The van der Waals surface area contributed by atoms with Crippen LogP contribution < -0.4 is 16.6 Å². The van der Waals surface area contributed by atoms with Gasteiger partial charge >= 0.3 is 0 Å². The average molecular weight is 310 g/mol. The fourth-order valence-electron chi connectivity index (χ4n) is 2.13. The summed E-state index contributed by atoms with van der Waals surface area (Å²) in [5.41, 5.74) is 4.05. The van der Waals surface area contributed by atoms with E-state index in [1.807, 2.05) is 13.8 Å². The normalized spacial score (nSPS) is 12.0. The van der Waals surface area contributed by atoms with Gasteiger partial charge in [0.15, 0.2) is 0 Å². The number of nitrogens with two attached hydrogens (primary N) is 1. The third-order valence-electron chi connectivity index (χ3n) is 3.08. The topological polar surface area (TPSA) is 106 Å².